The van der Waals surface area contributed by atoms with Crippen LogP contribution < -0.4 is 15.4 Å². The predicted octanol–water partition coefficient (Wildman–Crippen LogP) is 2.89. The van der Waals surface area contributed by atoms with Crippen LogP contribution in [0.25, 0.3) is 0 Å². The summed E-state index contributed by atoms with van der Waals surface area (Å²) in [6.45, 7) is 1.08. The maximum Gasteiger partial charge on any atom is 0.227 e. The first-order valence-corrected chi connectivity index (χ1v) is 12.9. The summed E-state index contributed by atoms with van der Waals surface area (Å²) in [6.07, 6.45) is 7.03. The second-order valence-corrected chi connectivity index (χ2v) is 10.1. The van der Waals surface area contributed by atoms with E-state index in [2.05, 4.69) is 10.6 Å². The first-order valence-electron chi connectivity index (χ1n) is 12.9. The summed E-state index contributed by atoms with van der Waals surface area (Å²) < 4.78 is 17.6. The smallest absolute Gasteiger partial charge is 0.227 e. The molecular formula is C26H36N2O6. The number of nitrogens with one attached hydrogen (secondary N) is 2. The van der Waals surface area contributed by atoms with Crippen LogP contribution in [0.4, 0.5) is 5.69 Å². The molecule has 5 rings (SSSR count). The quantitative estimate of drug-likeness (QED) is 0.588. The van der Waals surface area contributed by atoms with E-state index in [0.29, 0.717) is 19.6 Å². The molecule has 3 aliphatic heterocycles. The van der Waals surface area contributed by atoms with Crippen molar-refractivity contribution in [1.29, 1.82) is 0 Å². The molecule has 4 aliphatic rings. The SMILES string of the molecule is O=C(C[C@H]1C[C@@H]2c3cc(NC(=O)C4CCOCC4)ccc3O[C@@H]2[C@H](CO)O1)NC1CCCCC1. The second-order valence-electron chi connectivity index (χ2n) is 10.1. The Kier molecular flexibility index (Phi) is 7.37. The Balaban J connectivity index is 1.25. The number of aliphatic hydroxyl groups is 1. The molecule has 0 aromatic heterocycles. The fourth-order valence-electron chi connectivity index (χ4n) is 5.91. The number of ether oxygens (including phenoxy) is 3. The third-order valence-electron chi connectivity index (χ3n) is 7.74. The molecule has 3 N–H and O–H groups in total. The lowest BCUT2D eigenvalue weighted by Crippen LogP contribution is -2.48. The lowest BCUT2D eigenvalue weighted by molar-refractivity contribution is -0.142. The van der Waals surface area contributed by atoms with Crippen LogP contribution in [0.3, 0.4) is 0 Å². The Morgan fingerprint density at radius 1 is 1.06 bits per heavy atom. The van der Waals surface area contributed by atoms with Crippen molar-refractivity contribution in [3.8, 4) is 5.75 Å². The van der Waals surface area contributed by atoms with Gasteiger partial charge in [-0.15, -0.1) is 0 Å². The molecule has 3 heterocycles. The molecule has 186 valence electrons. The summed E-state index contributed by atoms with van der Waals surface area (Å²) >= 11 is 0. The van der Waals surface area contributed by atoms with E-state index >= 15 is 0 Å². The highest BCUT2D eigenvalue weighted by molar-refractivity contribution is 5.92. The Morgan fingerprint density at radius 3 is 2.62 bits per heavy atom. The van der Waals surface area contributed by atoms with Crippen LogP contribution in [0.2, 0.25) is 0 Å². The number of benzene rings is 1. The zero-order valence-electron chi connectivity index (χ0n) is 19.7. The minimum absolute atomic E-state index is 0.00770. The monoisotopic (exact) mass is 472 g/mol. The molecule has 0 spiro atoms. The molecule has 0 radical (unpaired) electrons. The maximum atomic E-state index is 12.7. The largest absolute Gasteiger partial charge is 0.487 e. The van der Waals surface area contributed by atoms with Crippen molar-refractivity contribution in [3.05, 3.63) is 23.8 Å². The highest BCUT2D eigenvalue weighted by Gasteiger charge is 2.46. The predicted molar refractivity (Wildman–Crippen MR) is 126 cm³/mol. The molecule has 34 heavy (non-hydrogen) atoms. The number of hydrogen-bond acceptors (Lipinski definition) is 6. The van der Waals surface area contributed by atoms with E-state index in [1.165, 1.54) is 19.3 Å². The van der Waals surface area contributed by atoms with Gasteiger partial charge in [-0.2, -0.15) is 0 Å². The van der Waals surface area contributed by atoms with Crippen molar-refractivity contribution in [3.63, 3.8) is 0 Å². The minimum atomic E-state index is -0.487. The van der Waals surface area contributed by atoms with Crippen molar-refractivity contribution in [2.24, 2.45) is 5.92 Å². The van der Waals surface area contributed by atoms with Crippen LogP contribution in [0, 0.1) is 5.92 Å². The summed E-state index contributed by atoms with van der Waals surface area (Å²) in [5, 5.41) is 16.2. The molecule has 0 bridgehead atoms. The van der Waals surface area contributed by atoms with Gasteiger partial charge in [0.2, 0.25) is 11.8 Å². The number of hydrogen-bond donors (Lipinski definition) is 3. The number of anilines is 1. The summed E-state index contributed by atoms with van der Waals surface area (Å²) in [5.74, 6) is 0.779. The highest BCUT2D eigenvalue weighted by atomic mass is 16.6. The van der Waals surface area contributed by atoms with Gasteiger partial charge in [-0.3, -0.25) is 9.59 Å². The molecular weight excluding hydrogens is 436 g/mol. The molecule has 8 nitrogen and oxygen atoms in total. The Morgan fingerprint density at radius 2 is 1.85 bits per heavy atom. The number of aliphatic hydroxyl groups excluding tert-OH is 1. The molecule has 1 saturated carbocycles. The normalized spacial score (nSPS) is 29.6. The topological polar surface area (TPSA) is 106 Å². The van der Waals surface area contributed by atoms with Crippen molar-refractivity contribution in [1.82, 2.24) is 5.32 Å². The van der Waals surface area contributed by atoms with Gasteiger partial charge in [-0.25, -0.2) is 0 Å². The third kappa shape index (κ3) is 5.24. The first-order chi connectivity index (χ1) is 16.6. The van der Waals surface area contributed by atoms with E-state index in [9.17, 15) is 14.7 Å². The van der Waals surface area contributed by atoms with Crippen molar-refractivity contribution in [2.45, 2.75) is 88.1 Å². The fraction of sp³-hybridized carbons (Fsp3) is 0.692. The average molecular weight is 473 g/mol. The number of fused-ring (bicyclic) bond motifs is 3. The lowest BCUT2D eigenvalue weighted by atomic mass is 9.84. The van der Waals surface area contributed by atoms with Gasteiger partial charge in [0.1, 0.15) is 18.0 Å². The van der Waals surface area contributed by atoms with E-state index < -0.39 is 6.10 Å². The maximum absolute atomic E-state index is 12.7. The van der Waals surface area contributed by atoms with Gasteiger partial charge >= 0.3 is 0 Å². The standard InChI is InChI=1S/C26H36N2O6/c29-15-23-25-21(13-19(33-23)14-24(30)27-17-4-2-1-3-5-17)20-12-18(6-7-22(20)34-25)28-26(31)16-8-10-32-11-9-16/h6-7,12,16-17,19,21,23,25,29H,1-5,8-11,13-15H2,(H,27,30)(H,28,31)/t19-,21-,23+,25+/m1/s1. The Hall–Kier alpha value is -2.16. The molecule has 1 aliphatic carbocycles. The zero-order chi connectivity index (χ0) is 23.5. The van der Waals surface area contributed by atoms with Gasteiger partial charge < -0.3 is 30.0 Å². The van der Waals surface area contributed by atoms with E-state index in [1.54, 1.807) is 0 Å². The van der Waals surface area contributed by atoms with Crippen LogP contribution in [0.5, 0.6) is 5.75 Å². The summed E-state index contributed by atoms with van der Waals surface area (Å²) in [4.78, 5) is 25.4. The van der Waals surface area contributed by atoms with Gasteiger partial charge in [-0.1, -0.05) is 19.3 Å². The molecule has 0 unspecified atom stereocenters. The number of carbonyl (C=O) groups is 2. The molecule has 2 saturated heterocycles. The van der Waals surface area contributed by atoms with Gasteiger partial charge in [-0.05, 0) is 50.3 Å². The average Bonchev–Trinajstić information content (AvgIpc) is 3.22. The summed E-state index contributed by atoms with van der Waals surface area (Å²) in [5.41, 5.74) is 1.76. The molecule has 3 fully saturated rings. The van der Waals surface area contributed by atoms with Gasteiger partial charge in [0.25, 0.3) is 0 Å². The van der Waals surface area contributed by atoms with Crippen molar-refractivity contribution in [2.75, 3.05) is 25.1 Å². The number of amides is 2. The highest BCUT2D eigenvalue weighted by Crippen LogP contribution is 2.47. The molecule has 1 aromatic carbocycles. The Bertz CT molecular complexity index is 880. The molecule has 1 aromatic rings. The van der Waals surface area contributed by atoms with Crippen LogP contribution in [0.15, 0.2) is 18.2 Å². The van der Waals surface area contributed by atoms with Crippen LogP contribution >= 0.6 is 0 Å². The summed E-state index contributed by atoms with van der Waals surface area (Å²) in [7, 11) is 0. The molecule has 8 heteroatoms. The van der Waals surface area contributed by atoms with E-state index in [4.69, 9.17) is 14.2 Å². The van der Waals surface area contributed by atoms with Crippen LogP contribution in [-0.4, -0.2) is 61.1 Å². The van der Waals surface area contributed by atoms with Crippen LogP contribution in [0.1, 0.15) is 69.3 Å². The van der Waals surface area contributed by atoms with Gasteiger partial charge in [0, 0.05) is 42.3 Å². The fourth-order valence-corrected chi connectivity index (χ4v) is 5.91. The zero-order valence-corrected chi connectivity index (χ0v) is 19.7. The minimum Gasteiger partial charge on any atom is -0.487 e. The number of carbonyl (C=O) groups excluding carboxylic acids is 2. The van der Waals surface area contributed by atoms with Crippen molar-refractivity contribution >= 4 is 17.5 Å². The second kappa shape index (κ2) is 10.6. The summed E-state index contributed by atoms with van der Waals surface area (Å²) in [6, 6.07) is 5.99. The Labute approximate surface area is 200 Å². The van der Waals surface area contributed by atoms with Crippen LogP contribution in [-0.2, 0) is 19.1 Å². The van der Waals surface area contributed by atoms with E-state index in [-0.39, 0.29) is 54.9 Å². The van der Waals surface area contributed by atoms with Gasteiger partial charge in [0.05, 0.1) is 19.1 Å². The number of rotatable bonds is 6. The van der Waals surface area contributed by atoms with Gasteiger partial charge in [0.15, 0.2) is 0 Å². The van der Waals surface area contributed by atoms with Crippen molar-refractivity contribution < 1.29 is 28.9 Å². The lowest BCUT2D eigenvalue weighted by Gasteiger charge is -2.37. The molecule has 2 amide bonds. The molecule has 4 atom stereocenters. The first kappa shape index (κ1) is 23.6. The van der Waals surface area contributed by atoms with E-state index in [1.807, 2.05) is 18.2 Å². The third-order valence-corrected chi connectivity index (χ3v) is 7.74. The van der Waals surface area contributed by atoms with E-state index in [0.717, 1.165) is 42.7 Å².